The molecular weight excluding hydrogens is 353 g/mol. The van der Waals surface area contributed by atoms with E-state index in [2.05, 4.69) is 24.8 Å². The van der Waals surface area contributed by atoms with Crippen LogP contribution in [0.1, 0.15) is 49.7 Å². The average molecular weight is 379 g/mol. The topological polar surface area (TPSA) is 49.3 Å². The summed E-state index contributed by atoms with van der Waals surface area (Å²) in [5.74, 6) is -0.158. The second-order valence-corrected chi connectivity index (χ2v) is 8.22. The first kappa shape index (κ1) is 18.9. The van der Waals surface area contributed by atoms with Gasteiger partial charge in [0.25, 0.3) is 5.91 Å². The lowest BCUT2D eigenvalue weighted by Crippen LogP contribution is -2.43. The number of fused-ring (bicyclic) bond motifs is 1. The molecule has 0 radical (unpaired) electrons. The van der Waals surface area contributed by atoms with Crippen LogP contribution in [0.3, 0.4) is 0 Å². The van der Waals surface area contributed by atoms with E-state index in [0.29, 0.717) is 42.7 Å². The maximum Gasteiger partial charge on any atom is 0.254 e. The van der Waals surface area contributed by atoms with Crippen LogP contribution in [-0.2, 0) is 10.2 Å². The van der Waals surface area contributed by atoms with E-state index in [1.165, 1.54) is 35.6 Å². The lowest BCUT2D eigenvalue weighted by molar-refractivity contribution is -0.135. The number of carbonyl (C=O) groups is 1. The number of rotatable bonds is 3. The van der Waals surface area contributed by atoms with E-state index < -0.39 is 11.3 Å². The standard InChI is InChI=1S/C24H26FNO2/c1-15-14-19-11-13-24(23(27)26-28,21-4-3-5-22(25)16(21)2)12-10-17(19)8-9-20(15)18-6-7-18/h3-5,8-9,14,18,28H,1,6-7,10-13H2,2H3,(H,26,27). The minimum absolute atomic E-state index is 0.329. The van der Waals surface area contributed by atoms with E-state index in [1.807, 2.05) is 11.5 Å². The molecule has 0 saturated heterocycles. The number of amides is 1. The number of benzene rings is 1. The van der Waals surface area contributed by atoms with Gasteiger partial charge in [0, 0.05) is 0 Å². The summed E-state index contributed by atoms with van der Waals surface area (Å²) in [5.41, 5.74) is 6.81. The van der Waals surface area contributed by atoms with Gasteiger partial charge in [-0.15, -0.1) is 0 Å². The summed E-state index contributed by atoms with van der Waals surface area (Å²) in [4.78, 5) is 12.8. The van der Waals surface area contributed by atoms with Gasteiger partial charge in [-0.2, -0.15) is 0 Å². The lowest BCUT2D eigenvalue weighted by Gasteiger charge is -2.32. The molecule has 0 aliphatic heterocycles. The first-order chi connectivity index (χ1) is 13.5. The Hall–Kier alpha value is -2.46. The van der Waals surface area contributed by atoms with Gasteiger partial charge >= 0.3 is 0 Å². The number of carbonyl (C=O) groups excluding carboxylic acids is 1. The fraction of sp³-hybridized carbons (Fsp3) is 0.375. The summed E-state index contributed by atoms with van der Waals surface area (Å²) in [5, 5.41) is 9.47. The lowest BCUT2D eigenvalue weighted by atomic mass is 9.72. The van der Waals surface area contributed by atoms with E-state index >= 15 is 0 Å². The smallest absolute Gasteiger partial charge is 0.254 e. The number of allylic oxidation sites excluding steroid dienone is 7. The Morgan fingerprint density at radius 3 is 2.61 bits per heavy atom. The Bertz CT molecular complexity index is 936. The summed E-state index contributed by atoms with van der Waals surface area (Å²) in [6.07, 6.45) is 11.4. The number of hydrogen-bond donors (Lipinski definition) is 2. The zero-order chi connectivity index (χ0) is 19.9. The molecule has 4 rings (SSSR count). The summed E-state index contributed by atoms with van der Waals surface area (Å²) in [6, 6.07) is 4.85. The highest BCUT2D eigenvalue weighted by molar-refractivity contribution is 5.88. The van der Waals surface area contributed by atoms with Crippen LogP contribution in [0.15, 0.2) is 65.3 Å². The van der Waals surface area contributed by atoms with Gasteiger partial charge in [-0.25, -0.2) is 9.87 Å². The van der Waals surface area contributed by atoms with Crippen LogP contribution >= 0.6 is 0 Å². The molecule has 3 nitrogen and oxygen atoms in total. The monoisotopic (exact) mass is 379 g/mol. The van der Waals surface area contributed by atoms with Gasteiger partial charge in [-0.3, -0.25) is 10.0 Å². The van der Waals surface area contributed by atoms with Crippen molar-refractivity contribution in [1.82, 2.24) is 5.48 Å². The Balaban J connectivity index is 1.75. The fourth-order valence-electron chi connectivity index (χ4n) is 4.73. The van der Waals surface area contributed by atoms with Crippen LogP contribution in [0.5, 0.6) is 0 Å². The maximum atomic E-state index is 14.3. The minimum Gasteiger partial charge on any atom is -0.289 e. The molecule has 1 amide bonds. The zero-order valence-electron chi connectivity index (χ0n) is 16.2. The molecule has 2 saturated carbocycles. The molecule has 0 heterocycles. The summed E-state index contributed by atoms with van der Waals surface area (Å²) < 4.78 is 14.3. The highest BCUT2D eigenvalue weighted by Crippen LogP contribution is 2.46. The molecule has 146 valence electrons. The van der Waals surface area contributed by atoms with Gasteiger partial charge in [0.05, 0.1) is 5.41 Å². The molecule has 0 bridgehead atoms. The first-order valence-corrected chi connectivity index (χ1v) is 9.97. The molecule has 1 aromatic rings. The molecule has 2 N–H and O–H groups in total. The molecule has 1 unspecified atom stereocenters. The fourth-order valence-corrected chi connectivity index (χ4v) is 4.73. The van der Waals surface area contributed by atoms with Crippen LogP contribution in [0, 0.1) is 18.7 Å². The van der Waals surface area contributed by atoms with Crippen molar-refractivity contribution in [2.45, 2.75) is 50.9 Å². The van der Waals surface area contributed by atoms with Crippen LogP contribution in [-0.4, -0.2) is 11.1 Å². The third-order valence-electron chi connectivity index (χ3n) is 6.57. The van der Waals surface area contributed by atoms with Crippen LogP contribution < -0.4 is 5.48 Å². The number of halogens is 1. The third-order valence-corrected chi connectivity index (χ3v) is 6.57. The molecule has 28 heavy (non-hydrogen) atoms. The van der Waals surface area contributed by atoms with Crippen molar-refractivity contribution in [1.29, 1.82) is 0 Å². The van der Waals surface area contributed by atoms with Gasteiger partial charge in [0.2, 0.25) is 0 Å². The van der Waals surface area contributed by atoms with E-state index in [9.17, 15) is 14.4 Å². The van der Waals surface area contributed by atoms with Gasteiger partial charge in [0.1, 0.15) is 5.82 Å². The summed E-state index contributed by atoms with van der Waals surface area (Å²) in [6.45, 7) is 5.96. The van der Waals surface area contributed by atoms with Crippen molar-refractivity contribution in [2.75, 3.05) is 0 Å². The molecule has 4 heteroatoms. The van der Waals surface area contributed by atoms with Crippen LogP contribution in [0.25, 0.3) is 0 Å². The molecule has 1 atom stereocenters. The van der Waals surface area contributed by atoms with Crippen molar-refractivity contribution < 1.29 is 14.4 Å². The predicted octanol–water partition coefficient (Wildman–Crippen LogP) is 5.21. The number of hydroxylamine groups is 1. The number of nitrogens with one attached hydrogen (secondary N) is 1. The van der Waals surface area contributed by atoms with Gasteiger partial charge in [0.15, 0.2) is 0 Å². The van der Waals surface area contributed by atoms with Crippen molar-refractivity contribution >= 4 is 5.91 Å². The molecular formula is C24H26FNO2. The SMILES string of the molecule is C=C1C=C2CCC(C(=O)NO)(c3cccc(F)c3C)CCC2=CC=C1C1CC1. The van der Waals surface area contributed by atoms with Gasteiger partial charge < -0.3 is 0 Å². The highest BCUT2D eigenvalue weighted by Gasteiger charge is 2.43. The Labute approximate surface area is 165 Å². The summed E-state index contributed by atoms with van der Waals surface area (Å²) >= 11 is 0. The summed E-state index contributed by atoms with van der Waals surface area (Å²) in [7, 11) is 0. The van der Waals surface area contributed by atoms with E-state index in [0.717, 1.165) is 5.57 Å². The molecule has 0 aromatic heterocycles. The van der Waals surface area contributed by atoms with Gasteiger partial charge in [-0.05, 0) is 90.9 Å². The number of hydrogen-bond acceptors (Lipinski definition) is 2. The Morgan fingerprint density at radius 1 is 1.21 bits per heavy atom. The quantitative estimate of drug-likeness (QED) is 0.559. The van der Waals surface area contributed by atoms with E-state index in [1.54, 1.807) is 13.0 Å². The van der Waals surface area contributed by atoms with Crippen LogP contribution in [0.2, 0.25) is 0 Å². The molecule has 3 aliphatic rings. The largest absolute Gasteiger partial charge is 0.289 e. The molecule has 0 spiro atoms. The first-order valence-electron chi connectivity index (χ1n) is 9.97. The molecule has 1 aromatic carbocycles. The van der Waals surface area contributed by atoms with Gasteiger partial charge in [-0.1, -0.05) is 36.9 Å². The Morgan fingerprint density at radius 2 is 1.93 bits per heavy atom. The zero-order valence-corrected chi connectivity index (χ0v) is 16.2. The maximum absolute atomic E-state index is 14.3. The highest BCUT2D eigenvalue weighted by atomic mass is 19.1. The van der Waals surface area contributed by atoms with E-state index in [4.69, 9.17) is 0 Å². The Kier molecular flexibility index (Phi) is 4.84. The molecule has 2 fully saturated rings. The second kappa shape index (κ2) is 7.17. The second-order valence-electron chi connectivity index (χ2n) is 8.22. The van der Waals surface area contributed by atoms with E-state index in [-0.39, 0.29) is 5.82 Å². The van der Waals surface area contributed by atoms with Crippen molar-refractivity contribution in [3.8, 4) is 0 Å². The van der Waals surface area contributed by atoms with Crippen LogP contribution in [0.4, 0.5) is 4.39 Å². The van der Waals surface area contributed by atoms with Crippen molar-refractivity contribution in [2.24, 2.45) is 5.92 Å². The minimum atomic E-state index is -0.959. The normalized spacial score (nSPS) is 25.0. The molecule has 3 aliphatic carbocycles. The average Bonchev–Trinajstić information content (AvgIpc) is 3.53. The predicted molar refractivity (Wildman–Crippen MR) is 107 cm³/mol. The third kappa shape index (κ3) is 3.16. The van der Waals surface area contributed by atoms with Crippen molar-refractivity contribution in [3.05, 3.63) is 82.2 Å². The van der Waals surface area contributed by atoms with Crippen molar-refractivity contribution in [3.63, 3.8) is 0 Å².